The van der Waals surface area contributed by atoms with Gasteiger partial charge in [0.1, 0.15) is 31.2 Å². The number of carbonyl (C=O) groups excluding carboxylic acids is 4. The van der Waals surface area contributed by atoms with Gasteiger partial charge in [-0.15, -0.1) is 23.2 Å². The van der Waals surface area contributed by atoms with E-state index in [9.17, 15) is 24.3 Å². The summed E-state index contributed by atoms with van der Waals surface area (Å²) < 4.78 is 4.95. The molecule has 3 fully saturated rings. The fraction of sp³-hybridized carbons (Fsp3) is 0.433. The highest BCUT2D eigenvalue weighted by molar-refractivity contribution is 6.19. The molecule has 416 valence electrons. The molecule has 5 aromatic carbocycles. The van der Waals surface area contributed by atoms with Crippen molar-refractivity contribution in [2.75, 3.05) is 81.8 Å². The van der Waals surface area contributed by atoms with E-state index < -0.39 is 0 Å². The number of carbonyl (C=O) groups is 4. The van der Waals surface area contributed by atoms with Crippen LogP contribution in [0, 0.1) is 39.1 Å². The SMILES string of the molecule is CC.CC(C)CCC=O.CN.CN=O.CNc1cc2c(c3ccccc13)[C@H](CCl)CN2C.Cc1c[nH]c2c(O)cc3c(c12)[C@H](CCl)CN3C.N=O.O=CC12CC(C=O)(C1)C2.O=COCC1c2ccccc2-c2ccccc21. The third kappa shape index (κ3) is 14.9. The Balaban J connectivity index is 0.000000251. The predicted octanol–water partition coefficient (Wildman–Crippen LogP) is 13.1. The van der Waals surface area contributed by atoms with Crippen LogP contribution in [0.2, 0.25) is 0 Å². The number of nitrogens with one attached hydrogen (secondary N) is 3. The molecule has 12 rings (SSSR count). The minimum absolute atomic E-state index is 0.0408. The number of hydrogen-bond acceptors (Lipinski definition) is 14. The number of nitrogens with zero attached hydrogens (tertiary/aromatic N) is 3. The molecular formula is C60H79Cl2N7O8. The zero-order valence-electron chi connectivity index (χ0n) is 46.3. The number of rotatable bonds is 11. The fourth-order valence-corrected chi connectivity index (χ4v) is 11.5. The van der Waals surface area contributed by atoms with E-state index in [1.54, 1.807) is 0 Å². The number of aldehydes is 3. The molecule has 17 heteroatoms. The molecule has 1 aromatic heterocycles. The third-order valence-electron chi connectivity index (χ3n) is 14.3. The number of nitroso groups, excluding NO2 is 2. The van der Waals surface area contributed by atoms with Gasteiger partial charge >= 0.3 is 0 Å². The van der Waals surface area contributed by atoms with Crippen LogP contribution in [0.3, 0.4) is 0 Å². The zero-order valence-corrected chi connectivity index (χ0v) is 47.8. The highest BCUT2D eigenvalue weighted by Crippen LogP contribution is 2.71. The van der Waals surface area contributed by atoms with E-state index in [1.165, 1.54) is 69.6 Å². The molecule has 0 radical (unpaired) electrons. The number of aromatic hydroxyl groups is 1. The minimum atomic E-state index is -0.0408. The van der Waals surface area contributed by atoms with Gasteiger partial charge in [-0.2, -0.15) is 9.81 Å². The number of aryl methyl sites for hydroxylation is 1. The Hall–Kier alpha value is -6.68. The monoisotopic (exact) mass is 1100 g/mol. The summed E-state index contributed by atoms with van der Waals surface area (Å²) in [7, 11) is 8.85. The maximum Gasteiger partial charge on any atom is 0.293 e. The van der Waals surface area contributed by atoms with E-state index in [2.05, 4.69) is 119 Å². The number of benzene rings is 5. The average molecular weight is 1100 g/mol. The van der Waals surface area contributed by atoms with E-state index in [0.29, 0.717) is 48.3 Å². The van der Waals surface area contributed by atoms with Crippen LogP contribution in [0.15, 0.2) is 96.3 Å². The summed E-state index contributed by atoms with van der Waals surface area (Å²) in [4.78, 5) is 64.3. The molecule has 6 N–H and O–H groups in total. The van der Waals surface area contributed by atoms with Gasteiger partial charge in [0.05, 0.1) is 12.6 Å². The van der Waals surface area contributed by atoms with Crippen molar-refractivity contribution in [1.82, 2.24) is 4.98 Å². The lowest BCUT2D eigenvalue weighted by Gasteiger charge is -2.65. The molecule has 6 aromatic rings. The van der Waals surface area contributed by atoms with Gasteiger partial charge in [0.15, 0.2) is 0 Å². The molecule has 15 nitrogen and oxygen atoms in total. The summed E-state index contributed by atoms with van der Waals surface area (Å²) in [5.41, 5.74) is 22.2. The van der Waals surface area contributed by atoms with Crippen LogP contribution >= 0.6 is 23.2 Å². The van der Waals surface area contributed by atoms with Gasteiger partial charge in [-0.05, 0) is 96.0 Å². The van der Waals surface area contributed by atoms with Gasteiger partial charge in [0.25, 0.3) is 6.47 Å². The molecule has 2 bridgehead atoms. The number of aromatic nitrogens is 1. The maximum atomic E-state index is 10.4. The number of phenols is 1. The molecule has 0 amide bonds. The first-order chi connectivity index (χ1) is 37.2. The van der Waals surface area contributed by atoms with Crippen LogP contribution < -0.4 is 20.9 Å². The van der Waals surface area contributed by atoms with Gasteiger partial charge in [-0.3, -0.25) is 4.79 Å². The Morgan fingerprint density at radius 1 is 0.818 bits per heavy atom. The molecule has 4 aliphatic carbocycles. The van der Waals surface area contributed by atoms with Gasteiger partial charge in [0.2, 0.25) is 0 Å². The van der Waals surface area contributed by atoms with E-state index in [1.807, 2.05) is 64.5 Å². The Morgan fingerprint density at radius 2 is 1.29 bits per heavy atom. The highest BCUT2D eigenvalue weighted by atomic mass is 35.5. The third-order valence-corrected chi connectivity index (χ3v) is 15.0. The first-order valence-corrected chi connectivity index (χ1v) is 27.0. The highest BCUT2D eigenvalue weighted by Gasteiger charge is 2.68. The van der Waals surface area contributed by atoms with E-state index in [-0.39, 0.29) is 16.7 Å². The molecule has 2 atom stereocenters. The van der Waals surface area contributed by atoms with Crippen LogP contribution in [0.25, 0.3) is 32.8 Å². The smallest absolute Gasteiger partial charge is 0.293 e. The van der Waals surface area contributed by atoms with E-state index in [0.717, 1.165) is 86.2 Å². The topological polar surface area (TPSA) is 228 Å². The second kappa shape index (κ2) is 31.5. The largest absolute Gasteiger partial charge is 0.506 e. The van der Waals surface area contributed by atoms with Crippen LogP contribution in [0.5, 0.6) is 5.75 Å². The number of hydrogen-bond donors (Lipinski definition) is 5. The summed E-state index contributed by atoms with van der Waals surface area (Å²) in [6.07, 6.45) is 9.17. The lowest BCUT2D eigenvalue weighted by Crippen LogP contribution is -2.63. The number of fused-ring (bicyclic) bond motifs is 9. The number of aromatic amines is 1. The summed E-state index contributed by atoms with van der Waals surface area (Å²) in [6.45, 7) is 13.1. The van der Waals surface area contributed by atoms with Crippen LogP contribution in [0.1, 0.15) is 105 Å². The second-order valence-corrected chi connectivity index (χ2v) is 20.3. The average Bonchev–Trinajstić information content (AvgIpc) is 4.19. The summed E-state index contributed by atoms with van der Waals surface area (Å²) in [6, 6.07) is 29.2. The Kier molecular flexibility index (Phi) is 26.4. The Bertz CT molecular complexity index is 2780. The summed E-state index contributed by atoms with van der Waals surface area (Å²) in [5, 5.41) is 19.3. The number of likely N-dealkylation sites (N-methyl/N-ethyl adjacent to an activating group) is 2. The molecule has 0 saturated heterocycles. The molecular weight excluding hydrogens is 1020 g/mol. The Morgan fingerprint density at radius 3 is 1.73 bits per heavy atom. The minimum Gasteiger partial charge on any atom is -0.506 e. The molecule has 3 heterocycles. The zero-order chi connectivity index (χ0) is 57.5. The van der Waals surface area contributed by atoms with Gasteiger partial charge in [-0.1, -0.05) is 111 Å². The molecule has 0 unspecified atom stereocenters. The standard InChI is InChI=1S/C15H17ClN2.C15H12O2.C13H15ClN2O.C7H8O2.C6H12O.C2H6.CH3NO.CH5N.HNO/c1-17-13-7-14-15(10(8-16)9-18(14)2)12-6-4-3-5-11(12)13;16-10-17-9-15-13-7-3-1-5-11(13)12-6-2-4-8-14(12)15;1-7-5-15-13-10(17)3-9-12(11(7)13)8(4-14)6-16(9)2;8-4-6-1-7(2-6,3-6)5-9;1-6(2)4-3-5-7;1-2;1-2-3;2*1-2/h3-7,10,17H,8-9H2,1-2H3;1-8,10,15H,9H2;3,5,8,15,17H,4,6H2,1-2H3;4-5H,1-3H2;5-6H,3-4H2,1-2H3;1-2H3;1H3;2H2,1H3;1H/t10-;;8-;;;;;;/m1.1....../s1. The molecule has 6 aliphatic rings. The second-order valence-electron chi connectivity index (χ2n) is 19.6. The van der Waals surface area contributed by atoms with Crippen molar-refractivity contribution < 1.29 is 29.0 Å². The molecule has 0 spiro atoms. The van der Waals surface area contributed by atoms with Gasteiger partial charge in [0, 0.05) is 121 Å². The number of alkyl halides is 2. The number of anilines is 3. The van der Waals surface area contributed by atoms with Crippen molar-refractivity contribution in [1.29, 1.82) is 5.59 Å². The molecule has 2 aliphatic heterocycles. The maximum absolute atomic E-state index is 10.4. The number of nitrogens with two attached hydrogens (primary N) is 1. The first kappa shape index (κ1) is 64.6. The number of phenolic OH excluding ortho intramolecular Hbond substituents is 1. The van der Waals surface area contributed by atoms with Gasteiger partial charge in [-0.25, -0.2) is 0 Å². The van der Waals surface area contributed by atoms with Crippen molar-refractivity contribution in [3.8, 4) is 16.9 Å². The fourth-order valence-electron chi connectivity index (χ4n) is 11.0. The van der Waals surface area contributed by atoms with Crippen LogP contribution in [-0.2, 0) is 23.9 Å². The molecule has 3 saturated carbocycles. The lowest BCUT2D eigenvalue weighted by atomic mass is 9.36. The number of halogens is 2. The number of H-pyrrole nitrogens is 1. The van der Waals surface area contributed by atoms with E-state index >= 15 is 0 Å². The van der Waals surface area contributed by atoms with Crippen molar-refractivity contribution in [2.24, 2.45) is 27.7 Å². The van der Waals surface area contributed by atoms with Crippen molar-refractivity contribution in [3.05, 3.63) is 129 Å². The van der Waals surface area contributed by atoms with Gasteiger partial charge < -0.3 is 50.1 Å². The lowest BCUT2D eigenvalue weighted by molar-refractivity contribution is -0.188. The van der Waals surface area contributed by atoms with Crippen molar-refractivity contribution in [2.45, 2.75) is 84.5 Å². The van der Waals surface area contributed by atoms with Crippen LogP contribution in [0.4, 0.5) is 17.1 Å². The summed E-state index contributed by atoms with van der Waals surface area (Å²) in [5.74, 6) is 3.23. The predicted molar refractivity (Wildman–Crippen MR) is 318 cm³/mol. The van der Waals surface area contributed by atoms with Crippen LogP contribution in [-0.4, -0.2) is 102 Å². The first-order valence-electron chi connectivity index (χ1n) is 25.9. The van der Waals surface area contributed by atoms with Crippen molar-refractivity contribution >= 4 is 87.3 Å². The normalized spacial score (nSPS) is 18.7. The summed E-state index contributed by atoms with van der Waals surface area (Å²) >= 11 is 12.2. The van der Waals surface area contributed by atoms with Crippen molar-refractivity contribution in [3.63, 3.8) is 0 Å². The Labute approximate surface area is 464 Å². The van der Waals surface area contributed by atoms with E-state index in [4.69, 9.17) is 37.8 Å². The molecule has 77 heavy (non-hydrogen) atoms. The quantitative estimate of drug-likeness (QED) is 0.0464. The number of ether oxygens (including phenoxy) is 1.